The fourth-order valence-electron chi connectivity index (χ4n) is 2.67. The summed E-state index contributed by atoms with van der Waals surface area (Å²) in [7, 11) is 0. The topological polar surface area (TPSA) is 63.0 Å². The molecule has 148 valence electrons. The second-order valence-electron chi connectivity index (χ2n) is 6.62. The quantitative estimate of drug-likeness (QED) is 0.320. The molecule has 1 N–H and O–H groups in total. The van der Waals surface area contributed by atoms with Crippen LogP contribution in [-0.4, -0.2) is 12.5 Å². The van der Waals surface area contributed by atoms with Gasteiger partial charge in [-0.05, 0) is 67.1 Å². The van der Waals surface area contributed by atoms with Gasteiger partial charge in [-0.15, -0.1) is 0 Å². The predicted molar refractivity (Wildman–Crippen MR) is 116 cm³/mol. The van der Waals surface area contributed by atoms with Gasteiger partial charge in [0.05, 0.1) is 18.0 Å². The molecule has 0 fully saturated rings. The summed E-state index contributed by atoms with van der Waals surface area (Å²) in [5, 5.41) is 11.3. The van der Waals surface area contributed by atoms with Crippen LogP contribution in [0.4, 0.5) is 17.1 Å². The van der Waals surface area contributed by atoms with E-state index in [1.54, 1.807) is 12.1 Å². The van der Waals surface area contributed by atoms with Gasteiger partial charge in [0.1, 0.15) is 5.75 Å². The number of unbranched alkanes of at least 4 members (excludes halogenated alkanes) is 2. The van der Waals surface area contributed by atoms with Crippen molar-refractivity contribution >= 4 is 23.0 Å². The Labute approximate surface area is 171 Å². The number of rotatable bonds is 9. The normalized spacial score (nSPS) is 10.8. The summed E-state index contributed by atoms with van der Waals surface area (Å²) in [6.45, 7) is 2.86. The molecule has 0 saturated carbocycles. The van der Waals surface area contributed by atoms with E-state index in [0.29, 0.717) is 17.9 Å². The lowest BCUT2D eigenvalue weighted by molar-refractivity contribution is 0.102. The van der Waals surface area contributed by atoms with Crippen LogP contribution < -0.4 is 10.1 Å². The highest BCUT2D eigenvalue weighted by Gasteiger charge is 2.06. The van der Waals surface area contributed by atoms with Gasteiger partial charge in [-0.1, -0.05) is 38.0 Å². The van der Waals surface area contributed by atoms with Crippen molar-refractivity contribution in [3.05, 3.63) is 84.4 Å². The molecule has 5 heteroatoms. The molecule has 3 aromatic rings. The minimum absolute atomic E-state index is 0.166. The molecule has 3 rings (SSSR count). The van der Waals surface area contributed by atoms with Crippen molar-refractivity contribution in [3.8, 4) is 5.75 Å². The van der Waals surface area contributed by atoms with E-state index >= 15 is 0 Å². The summed E-state index contributed by atoms with van der Waals surface area (Å²) in [5.74, 6) is 0.618. The number of hydrogen-bond acceptors (Lipinski definition) is 4. The Bertz CT molecular complexity index is 921. The molecular weight excluding hydrogens is 362 g/mol. The highest BCUT2D eigenvalue weighted by atomic mass is 16.5. The minimum atomic E-state index is -0.166. The largest absolute Gasteiger partial charge is 0.494 e. The summed E-state index contributed by atoms with van der Waals surface area (Å²) in [5.41, 5.74) is 2.80. The minimum Gasteiger partial charge on any atom is -0.494 e. The second kappa shape index (κ2) is 10.8. The molecule has 0 saturated heterocycles. The first-order chi connectivity index (χ1) is 14.2. The average Bonchev–Trinajstić information content (AvgIpc) is 2.77. The lowest BCUT2D eigenvalue weighted by Crippen LogP contribution is -2.11. The zero-order chi connectivity index (χ0) is 20.3. The number of ether oxygens (including phenoxy) is 1. The molecule has 0 aliphatic carbocycles. The molecule has 1 amide bonds. The third-order valence-corrected chi connectivity index (χ3v) is 4.30. The highest BCUT2D eigenvalue weighted by molar-refractivity contribution is 6.04. The maximum atomic E-state index is 12.4. The van der Waals surface area contributed by atoms with Gasteiger partial charge >= 0.3 is 0 Å². The van der Waals surface area contributed by atoms with Gasteiger partial charge in [0.25, 0.3) is 5.91 Å². The molecule has 0 aliphatic heterocycles. The molecule has 0 spiro atoms. The Morgan fingerprint density at radius 2 is 1.48 bits per heavy atom. The van der Waals surface area contributed by atoms with Gasteiger partial charge in [0.15, 0.2) is 0 Å². The Balaban J connectivity index is 1.53. The van der Waals surface area contributed by atoms with Gasteiger partial charge in [-0.25, -0.2) is 0 Å². The van der Waals surface area contributed by atoms with E-state index in [0.717, 1.165) is 30.0 Å². The zero-order valence-electron chi connectivity index (χ0n) is 16.5. The van der Waals surface area contributed by atoms with Gasteiger partial charge in [-0.3, -0.25) is 4.79 Å². The predicted octanol–water partition coefficient (Wildman–Crippen LogP) is 6.92. The lowest BCUT2D eigenvalue weighted by Gasteiger charge is -2.08. The van der Waals surface area contributed by atoms with E-state index in [4.69, 9.17) is 4.74 Å². The summed E-state index contributed by atoms with van der Waals surface area (Å²) in [6, 6.07) is 24.0. The van der Waals surface area contributed by atoms with E-state index in [1.807, 2.05) is 66.7 Å². The van der Waals surface area contributed by atoms with Crippen LogP contribution in [0.15, 0.2) is 89.1 Å². The zero-order valence-corrected chi connectivity index (χ0v) is 16.5. The van der Waals surface area contributed by atoms with Crippen molar-refractivity contribution < 1.29 is 9.53 Å². The van der Waals surface area contributed by atoms with Crippen LogP contribution >= 0.6 is 0 Å². The number of azo groups is 1. The SMILES string of the molecule is CCCCCOc1ccc(C(=O)Nc2ccc(N=Nc3ccccc3)cc2)cc1. The lowest BCUT2D eigenvalue weighted by atomic mass is 10.2. The summed E-state index contributed by atoms with van der Waals surface area (Å²) < 4.78 is 5.68. The van der Waals surface area contributed by atoms with Crippen LogP contribution in [0.2, 0.25) is 0 Å². The van der Waals surface area contributed by atoms with Crippen LogP contribution in [0.25, 0.3) is 0 Å². The standard InChI is InChI=1S/C24H25N3O2/c1-2-3-7-18-29-23-16-10-19(11-17-23)24(28)25-20-12-14-22(15-13-20)27-26-21-8-5-4-6-9-21/h4-6,8-17H,2-3,7,18H2,1H3,(H,25,28). The van der Waals surface area contributed by atoms with Crippen molar-refractivity contribution in [1.29, 1.82) is 0 Å². The van der Waals surface area contributed by atoms with Crippen LogP contribution in [-0.2, 0) is 0 Å². The van der Waals surface area contributed by atoms with Crippen LogP contribution in [0.5, 0.6) is 5.75 Å². The highest BCUT2D eigenvalue weighted by Crippen LogP contribution is 2.21. The smallest absolute Gasteiger partial charge is 0.255 e. The fraction of sp³-hybridized carbons (Fsp3) is 0.208. The molecule has 3 aromatic carbocycles. The Morgan fingerprint density at radius 3 is 2.14 bits per heavy atom. The van der Waals surface area contributed by atoms with Crippen molar-refractivity contribution in [2.45, 2.75) is 26.2 Å². The van der Waals surface area contributed by atoms with Crippen LogP contribution in [0.3, 0.4) is 0 Å². The third-order valence-electron chi connectivity index (χ3n) is 4.30. The Morgan fingerprint density at radius 1 is 0.828 bits per heavy atom. The van der Waals surface area contributed by atoms with Crippen LogP contribution in [0, 0.1) is 0 Å². The number of benzene rings is 3. The third kappa shape index (κ3) is 6.57. The molecule has 0 heterocycles. The maximum Gasteiger partial charge on any atom is 0.255 e. The first-order valence-electron chi connectivity index (χ1n) is 9.85. The van der Waals surface area contributed by atoms with Gasteiger partial charge in [-0.2, -0.15) is 10.2 Å². The molecule has 5 nitrogen and oxygen atoms in total. The number of hydrogen-bond donors (Lipinski definition) is 1. The Kier molecular flexibility index (Phi) is 7.52. The fourth-order valence-corrected chi connectivity index (χ4v) is 2.67. The first kappa shape index (κ1) is 20.3. The van der Waals surface area contributed by atoms with Crippen molar-refractivity contribution in [3.63, 3.8) is 0 Å². The van der Waals surface area contributed by atoms with Crippen molar-refractivity contribution in [2.24, 2.45) is 10.2 Å². The maximum absolute atomic E-state index is 12.4. The molecule has 0 bridgehead atoms. The van der Waals surface area contributed by atoms with Gasteiger partial charge in [0.2, 0.25) is 0 Å². The van der Waals surface area contributed by atoms with E-state index in [-0.39, 0.29) is 5.91 Å². The summed E-state index contributed by atoms with van der Waals surface area (Å²) >= 11 is 0. The summed E-state index contributed by atoms with van der Waals surface area (Å²) in [4.78, 5) is 12.4. The second-order valence-corrected chi connectivity index (χ2v) is 6.62. The van der Waals surface area contributed by atoms with E-state index in [2.05, 4.69) is 22.5 Å². The van der Waals surface area contributed by atoms with Gasteiger partial charge in [0, 0.05) is 11.3 Å². The molecule has 0 aliphatic rings. The van der Waals surface area contributed by atoms with Crippen molar-refractivity contribution in [1.82, 2.24) is 0 Å². The number of anilines is 1. The monoisotopic (exact) mass is 387 g/mol. The number of nitrogens with zero attached hydrogens (tertiary/aromatic N) is 2. The number of carbonyl (C=O) groups excluding carboxylic acids is 1. The first-order valence-corrected chi connectivity index (χ1v) is 9.85. The Hall–Kier alpha value is -3.47. The molecule has 29 heavy (non-hydrogen) atoms. The number of nitrogens with one attached hydrogen (secondary N) is 1. The number of amides is 1. The van der Waals surface area contributed by atoms with E-state index in [1.165, 1.54) is 6.42 Å². The molecule has 0 radical (unpaired) electrons. The molecule has 0 atom stereocenters. The average molecular weight is 387 g/mol. The molecule has 0 aromatic heterocycles. The summed E-state index contributed by atoms with van der Waals surface area (Å²) in [6.07, 6.45) is 3.37. The molecular formula is C24H25N3O2. The molecule has 0 unspecified atom stereocenters. The van der Waals surface area contributed by atoms with Crippen molar-refractivity contribution in [2.75, 3.05) is 11.9 Å². The van der Waals surface area contributed by atoms with Gasteiger partial charge < -0.3 is 10.1 Å². The van der Waals surface area contributed by atoms with Crippen LogP contribution in [0.1, 0.15) is 36.5 Å². The van der Waals surface area contributed by atoms with E-state index < -0.39 is 0 Å². The number of carbonyl (C=O) groups is 1. The van der Waals surface area contributed by atoms with E-state index in [9.17, 15) is 4.79 Å².